The van der Waals surface area contributed by atoms with Crippen LogP contribution in [0, 0.1) is 5.41 Å². The van der Waals surface area contributed by atoms with Crippen molar-refractivity contribution >= 4 is 33.2 Å². The Morgan fingerprint density at radius 2 is 1.61 bits per heavy atom. The maximum atomic E-state index is 13.3. The lowest BCUT2D eigenvalue weighted by molar-refractivity contribution is -0.137. The van der Waals surface area contributed by atoms with E-state index in [9.17, 15) is 26.4 Å². The summed E-state index contributed by atoms with van der Waals surface area (Å²) in [6.45, 7) is 2.84. The minimum absolute atomic E-state index is 0.00337. The molecule has 5 nitrogen and oxygen atoms in total. The summed E-state index contributed by atoms with van der Waals surface area (Å²) >= 11 is 5.92. The molecule has 0 N–H and O–H groups in total. The van der Waals surface area contributed by atoms with E-state index in [4.69, 9.17) is 11.6 Å². The van der Waals surface area contributed by atoms with Crippen molar-refractivity contribution in [3.63, 3.8) is 0 Å². The number of alkyl halides is 3. The van der Waals surface area contributed by atoms with Crippen molar-refractivity contribution < 1.29 is 26.4 Å². The maximum Gasteiger partial charge on any atom is 0.416 e. The molecular weight excluding hydrogens is 477 g/mol. The zero-order valence-electron chi connectivity index (χ0n) is 18.0. The summed E-state index contributed by atoms with van der Waals surface area (Å²) in [6, 6.07) is 10.1. The van der Waals surface area contributed by atoms with Gasteiger partial charge in [-0.1, -0.05) is 30.7 Å². The van der Waals surface area contributed by atoms with Crippen LogP contribution < -0.4 is 4.90 Å². The zero-order valence-corrected chi connectivity index (χ0v) is 19.6. The quantitative estimate of drug-likeness (QED) is 0.585. The normalized spacial score (nSPS) is 19.4. The summed E-state index contributed by atoms with van der Waals surface area (Å²) in [5.41, 5.74) is 0.383. The van der Waals surface area contributed by atoms with E-state index in [-0.39, 0.29) is 23.9 Å². The number of sulfonamides is 1. The van der Waals surface area contributed by atoms with E-state index in [0.717, 1.165) is 18.2 Å². The molecule has 178 valence electrons. The fraction of sp³-hybridized carbons (Fsp3) is 0.435. The lowest BCUT2D eigenvalue weighted by Crippen LogP contribution is -2.46. The van der Waals surface area contributed by atoms with E-state index in [1.807, 2.05) is 24.3 Å². The van der Waals surface area contributed by atoms with Crippen LogP contribution in [0.15, 0.2) is 47.4 Å². The molecule has 0 unspecified atom stereocenters. The second-order valence-electron chi connectivity index (χ2n) is 8.55. The summed E-state index contributed by atoms with van der Waals surface area (Å²) in [5.74, 6) is -0.00337. The molecule has 2 aliphatic rings. The zero-order chi connectivity index (χ0) is 24.0. The minimum Gasteiger partial charge on any atom is -0.312 e. The Balaban J connectivity index is 1.48. The molecule has 4 rings (SSSR count). The Hall–Kier alpha value is -2.10. The fourth-order valence-electron chi connectivity index (χ4n) is 4.62. The lowest BCUT2D eigenvalue weighted by Gasteiger charge is -2.37. The van der Waals surface area contributed by atoms with Gasteiger partial charge < -0.3 is 4.90 Å². The van der Waals surface area contributed by atoms with Gasteiger partial charge in [0.15, 0.2) is 0 Å². The van der Waals surface area contributed by atoms with Gasteiger partial charge in [0.2, 0.25) is 15.9 Å². The first-order chi connectivity index (χ1) is 15.5. The number of anilines is 1. The van der Waals surface area contributed by atoms with Crippen LogP contribution in [0.25, 0.3) is 0 Å². The third-order valence-corrected chi connectivity index (χ3v) is 9.11. The van der Waals surface area contributed by atoms with E-state index in [1.165, 1.54) is 9.87 Å². The topological polar surface area (TPSA) is 57.7 Å². The highest BCUT2D eigenvalue weighted by atomic mass is 35.5. The van der Waals surface area contributed by atoms with Gasteiger partial charge in [-0.3, -0.25) is 4.79 Å². The van der Waals surface area contributed by atoms with Gasteiger partial charge in [0.25, 0.3) is 0 Å². The number of piperidine rings is 1. The second kappa shape index (κ2) is 8.60. The molecule has 10 heteroatoms. The van der Waals surface area contributed by atoms with Crippen molar-refractivity contribution in [1.82, 2.24) is 4.31 Å². The van der Waals surface area contributed by atoms with Gasteiger partial charge in [-0.15, -0.1) is 0 Å². The maximum absolute atomic E-state index is 13.3. The molecule has 1 amide bonds. The Bertz CT molecular complexity index is 1160. The van der Waals surface area contributed by atoms with Crippen molar-refractivity contribution in [1.29, 1.82) is 0 Å². The molecular formula is C23H24ClF3N2O3S. The third kappa shape index (κ3) is 4.38. The minimum atomic E-state index is -4.62. The number of halogens is 4. The molecule has 2 aliphatic heterocycles. The number of aryl methyl sites for hydroxylation is 1. The fourth-order valence-corrected chi connectivity index (χ4v) is 6.58. The first-order valence-corrected chi connectivity index (χ1v) is 12.6. The highest BCUT2D eigenvalue weighted by Crippen LogP contribution is 2.44. The van der Waals surface area contributed by atoms with Crippen LogP contribution >= 0.6 is 11.6 Å². The van der Waals surface area contributed by atoms with Gasteiger partial charge in [0.1, 0.15) is 4.90 Å². The third-order valence-electron chi connectivity index (χ3n) is 6.73. The van der Waals surface area contributed by atoms with Gasteiger partial charge in [0, 0.05) is 25.3 Å². The van der Waals surface area contributed by atoms with E-state index in [1.54, 1.807) is 4.90 Å². The van der Waals surface area contributed by atoms with E-state index in [0.29, 0.717) is 37.9 Å². The Kier molecular flexibility index (Phi) is 6.26. The van der Waals surface area contributed by atoms with Gasteiger partial charge in [-0.2, -0.15) is 17.5 Å². The Morgan fingerprint density at radius 3 is 2.15 bits per heavy atom. The molecule has 0 aliphatic carbocycles. The molecule has 2 heterocycles. The van der Waals surface area contributed by atoms with Gasteiger partial charge in [-0.25, -0.2) is 8.42 Å². The van der Waals surface area contributed by atoms with Crippen LogP contribution in [0.3, 0.4) is 0 Å². The average Bonchev–Trinajstić information content (AvgIpc) is 3.09. The summed E-state index contributed by atoms with van der Waals surface area (Å²) < 4.78 is 66.0. The molecule has 0 aromatic heterocycles. The van der Waals surface area contributed by atoms with Crippen LogP contribution in [0.4, 0.5) is 18.9 Å². The number of hydrogen-bond acceptors (Lipinski definition) is 3. The molecule has 1 spiro atoms. The average molecular weight is 501 g/mol. The number of rotatable bonds is 4. The standard InChI is InChI=1S/C23H24ClF3N2O3S/c1-2-16-3-6-18(7-4-16)29-14-11-22(21(29)30)9-12-28(13-10-22)33(31,32)20-8-5-17(15-19(20)24)23(25,26)27/h3-8,15H,2,9-14H2,1H3. The van der Waals surface area contributed by atoms with Gasteiger partial charge in [-0.05, 0) is 61.6 Å². The van der Waals surface area contributed by atoms with Crippen LogP contribution in [-0.2, 0) is 27.4 Å². The van der Waals surface area contributed by atoms with E-state index < -0.39 is 32.2 Å². The predicted octanol–water partition coefficient (Wildman–Crippen LogP) is 5.13. The van der Waals surface area contributed by atoms with Gasteiger partial charge in [0.05, 0.1) is 16.0 Å². The van der Waals surface area contributed by atoms with Crippen molar-refractivity contribution in [3.8, 4) is 0 Å². The predicted molar refractivity (Wildman–Crippen MR) is 120 cm³/mol. The second-order valence-corrected chi connectivity index (χ2v) is 10.9. The number of hydrogen-bond donors (Lipinski definition) is 0. The first-order valence-electron chi connectivity index (χ1n) is 10.8. The molecule has 0 bridgehead atoms. The number of carbonyl (C=O) groups excluding carboxylic acids is 1. The van der Waals surface area contributed by atoms with Crippen molar-refractivity contribution in [2.24, 2.45) is 5.41 Å². The van der Waals surface area contributed by atoms with Crippen molar-refractivity contribution in [2.75, 3.05) is 24.5 Å². The van der Waals surface area contributed by atoms with E-state index >= 15 is 0 Å². The molecule has 2 aromatic rings. The molecule has 0 atom stereocenters. The molecule has 33 heavy (non-hydrogen) atoms. The summed E-state index contributed by atoms with van der Waals surface area (Å²) in [6.07, 6.45) is -2.36. The molecule has 2 aromatic carbocycles. The number of nitrogens with zero attached hydrogens (tertiary/aromatic N) is 2. The van der Waals surface area contributed by atoms with Crippen LogP contribution in [0.1, 0.15) is 37.3 Å². The largest absolute Gasteiger partial charge is 0.416 e. The Morgan fingerprint density at radius 1 is 1.00 bits per heavy atom. The number of carbonyl (C=O) groups is 1. The highest BCUT2D eigenvalue weighted by molar-refractivity contribution is 7.89. The number of benzene rings is 2. The van der Waals surface area contributed by atoms with Crippen LogP contribution in [0.5, 0.6) is 0 Å². The SMILES string of the molecule is CCc1ccc(N2CCC3(CCN(S(=O)(=O)c4ccc(C(F)(F)F)cc4Cl)CC3)C2=O)cc1. The molecule has 2 fully saturated rings. The molecule has 2 saturated heterocycles. The molecule has 0 saturated carbocycles. The van der Waals surface area contributed by atoms with Crippen LogP contribution in [-0.4, -0.2) is 38.3 Å². The summed E-state index contributed by atoms with van der Waals surface area (Å²) in [4.78, 5) is 14.7. The first kappa shape index (κ1) is 24.0. The molecule has 0 radical (unpaired) electrons. The lowest BCUT2D eigenvalue weighted by atomic mass is 9.77. The van der Waals surface area contributed by atoms with Crippen molar-refractivity contribution in [3.05, 3.63) is 58.6 Å². The van der Waals surface area contributed by atoms with Crippen molar-refractivity contribution in [2.45, 2.75) is 43.7 Å². The monoisotopic (exact) mass is 500 g/mol. The van der Waals surface area contributed by atoms with Gasteiger partial charge >= 0.3 is 6.18 Å². The van der Waals surface area contributed by atoms with Crippen LogP contribution in [0.2, 0.25) is 5.02 Å². The Labute approximate surface area is 196 Å². The summed E-state index contributed by atoms with van der Waals surface area (Å²) in [7, 11) is -4.08. The van der Waals surface area contributed by atoms with E-state index in [2.05, 4.69) is 6.92 Å². The smallest absolute Gasteiger partial charge is 0.312 e. The summed E-state index contributed by atoms with van der Waals surface area (Å²) in [5, 5.41) is -0.469. The highest BCUT2D eigenvalue weighted by Gasteiger charge is 2.50. The number of amides is 1.